The van der Waals surface area contributed by atoms with E-state index in [4.69, 9.17) is 9.84 Å². The zero-order valence-electron chi connectivity index (χ0n) is 13.9. The first-order chi connectivity index (χ1) is 11.8. The number of imide groups is 2. The molecule has 2 rings (SSSR count). The SMILES string of the molecule is CCCN1C(=O)C(=Cc2ccc(OCC(=O)O)cc2)C(=O)N(C)C1=O. The normalized spacial score (nSPS) is 16.6. The van der Waals surface area contributed by atoms with Crippen LogP contribution in [0.1, 0.15) is 18.9 Å². The molecule has 0 bridgehead atoms. The number of barbiturate groups is 1. The highest BCUT2D eigenvalue weighted by atomic mass is 16.5. The standard InChI is InChI=1S/C17H18N2O6/c1-3-8-19-16(23)13(15(22)18(2)17(19)24)9-11-4-6-12(7-5-11)25-10-14(20)21/h4-7,9H,3,8,10H2,1-2H3,(H,20,21). The van der Waals surface area contributed by atoms with Crippen LogP contribution in [0, 0.1) is 0 Å². The van der Waals surface area contributed by atoms with Gasteiger partial charge in [0.15, 0.2) is 6.61 Å². The molecule has 1 N–H and O–H groups in total. The van der Waals surface area contributed by atoms with Crippen LogP contribution in [0.2, 0.25) is 0 Å². The quantitative estimate of drug-likeness (QED) is 0.616. The van der Waals surface area contributed by atoms with Gasteiger partial charge in [-0.25, -0.2) is 9.59 Å². The Labute approximate surface area is 144 Å². The maximum Gasteiger partial charge on any atom is 0.341 e. The average Bonchev–Trinajstić information content (AvgIpc) is 2.60. The van der Waals surface area contributed by atoms with Gasteiger partial charge in [0.25, 0.3) is 11.8 Å². The maximum absolute atomic E-state index is 12.4. The fraction of sp³-hybridized carbons (Fsp3) is 0.294. The van der Waals surface area contributed by atoms with E-state index in [0.29, 0.717) is 17.7 Å². The molecule has 0 unspecified atom stereocenters. The highest BCUT2D eigenvalue weighted by Gasteiger charge is 2.39. The third kappa shape index (κ3) is 4.03. The molecule has 0 aliphatic carbocycles. The Kier molecular flexibility index (Phi) is 5.53. The van der Waals surface area contributed by atoms with Crippen molar-refractivity contribution < 1.29 is 29.0 Å². The van der Waals surface area contributed by atoms with Crippen molar-refractivity contribution in [3.63, 3.8) is 0 Å². The molecule has 8 heteroatoms. The number of carbonyl (C=O) groups excluding carboxylic acids is 3. The Bertz CT molecular complexity index is 738. The van der Waals surface area contributed by atoms with E-state index < -0.39 is 30.4 Å². The molecule has 1 aliphatic heterocycles. The molecule has 0 saturated carbocycles. The first kappa shape index (κ1) is 18.2. The van der Waals surface area contributed by atoms with Gasteiger partial charge in [-0.2, -0.15) is 0 Å². The predicted octanol–water partition coefficient (Wildman–Crippen LogP) is 1.36. The fourth-order valence-corrected chi connectivity index (χ4v) is 2.29. The van der Waals surface area contributed by atoms with E-state index in [1.54, 1.807) is 12.1 Å². The number of carboxylic acids is 1. The smallest absolute Gasteiger partial charge is 0.341 e. The molecular formula is C17H18N2O6. The predicted molar refractivity (Wildman–Crippen MR) is 87.7 cm³/mol. The summed E-state index contributed by atoms with van der Waals surface area (Å²) in [6.45, 7) is 1.60. The summed E-state index contributed by atoms with van der Waals surface area (Å²) in [5.41, 5.74) is 0.452. The first-order valence-corrected chi connectivity index (χ1v) is 7.65. The topological polar surface area (TPSA) is 104 Å². The summed E-state index contributed by atoms with van der Waals surface area (Å²) in [4.78, 5) is 49.1. The second-order valence-corrected chi connectivity index (χ2v) is 5.41. The second kappa shape index (κ2) is 7.61. The van der Waals surface area contributed by atoms with Gasteiger partial charge in [-0.05, 0) is 30.2 Å². The zero-order chi connectivity index (χ0) is 18.6. The molecule has 0 atom stereocenters. The van der Waals surface area contributed by atoms with Crippen LogP contribution in [0.4, 0.5) is 4.79 Å². The van der Waals surface area contributed by atoms with Crippen molar-refractivity contribution in [2.24, 2.45) is 0 Å². The van der Waals surface area contributed by atoms with Gasteiger partial charge in [0.05, 0.1) is 0 Å². The number of nitrogens with zero attached hydrogens (tertiary/aromatic N) is 2. The van der Waals surface area contributed by atoms with Crippen molar-refractivity contribution in [2.45, 2.75) is 13.3 Å². The fourth-order valence-electron chi connectivity index (χ4n) is 2.29. The number of amides is 4. The minimum Gasteiger partial charge on any atom is -0.482 e. The molecule has 1 aromatic carbocycles. The lowest BCUT2D eigenvalue weighted by molar-refractivity contribution is -0.139. The van der Waals surface area contributed by atoms with Crippen molar-refractivity contribution in [1.29, 1.82) is 0 Å². The number of rotatable bonds is 6. The van der Waals surface area contributed by atoms with Crippen LogP contribution in [0.15, 0.2) is 29.8 Å². The summed E-state index contributed by atoms with van der Waals surface area (Å²) in [6.07, 6.45) is 1.99. The number of hydrogen-bond acceptors (Lipinski definition) is 5. The highest BCUT2D eigenvalue weighted by Crippen LogP contribution is 2.20. The molecule has 1 aliphatic rings. The number of hydrogen-bond donors (Lipinski definition) is 1. The van der Waals surface area contributed by atoms with Gasteiger partial charge < -0.3 is 9.84 Å². The van der Waals surface area contributed by atoms with Crippen LogP contribution in [-0.2, 0) is 14.4 Å². The van der Waals surface area contributed by atoms with E-state index in [-0.39, 0.29) is 12.1 Å². The third-order valence-electron chi connectivity index (χ3n) is 3.53. The Morgan fingerprint density at radius 3 is 2.36 bits per heavy atom. The minimum atomic E-state index is -1.09. The molecule has 1 fully saturated rings. The maximum atomic E-state index is 12.4. The molecule has 0 radical (unpaired) electrons. The van der Waals surface area contributed by atoms with Crippen molar-refractivity contribution in [1.82, 2.24) is 9.80 Å². The van der Waals surface area contributed by atoms with Gasteiger partial charge in [0, 0.05) is 13.6 Å². The molecule has 0 aromatic heterocycles. The molecule has 0 spiro atoms. The largest absolute Gasteiger partial charge is 0.482 e. The molecule has 1 saturated heterocycles. The molecule has 4 amide bonds. The van der Waals surface area contributed by atoms with Crippen molar-refractivity contribution in [2.75, 3.05) is 20.2 Å². The number of urea groups is 1. The summed E-state index contributed by atoms with van der Waals surface area (Å²) in [5.74, 6) is -2.02. The minimum absolute atomic E-state index is 0.102. The lowest BCUT2D eigenvalue weighted by Gasteiger charge is -2.31. The van der Waals surface area contributed by atoms with E-state index in [0.717, 1.165) is 9.80 Å². The van der Waals surface area contributed by atoms with E-state index in [1.165, 1.54) is 25.3 Å². The summed E-state index contributed by atoms with van der Waals surface area (Å²) in [5, 5.41) is 8.57. The van der Waals surface area contributed by atoms with Crippen molar-refractivity contribution in [3.05, 3.63) is 35.4 Å². The van der Waals surface area contributed by atoms with Crippen LogP contribution in [-0.4, -0.2) is 58.9 Å². The van der Waals surface area contributed by atoms with Gasteiger partial charge in [-0.1, -0.05) is 19.1 Å². The van der Waals surface area contributed by atoms with Crippen LogP contribution in [0.3, 0.4) is 0 Å². The molecule has 25 heavy (non-hydrogen) atoms. The third-order valence-corrected chi connectivity index (χ3v) is 3.53. The number of benzene rings is 1. The average molecular weight is 346 g/mol. The summed E-state index contributed by atoms with van der Waals surface area (Å²) in [6, 6.07) is 5.61. The zero-order valence-corrected chi connectivity index (χ0v) is 13.9. The highest BCUT2D eigenvalue weighted by molar-refractivity contribution is 6.30. The Morgan fingerprint density at radius 2 is 1.80 bits per heavy atom. The van der Waals surface area contributed by atoms with Gasteiger partial charge in [0.1, 0.15) is 11.3 Å². The number of aliphatic carboxylic acids is 1. The monoisotopic (exact) mass is 346 g/mol. The lowest BCUT2D eigenvalue weighted by Crippen LogP contribution is -2.54. The Morgan fingerprint density at radius 1 is 1.16 bits per heavy atom. The van der Waals surface area contributed by atoms with Crippen LogP contribution in [0.5, 0.6) is 5.75 Å². The van der Waals surface area contributed by atoms with Crippen molar-refractivity contribution >= 4 is 29.9 Å². The van der Waals surface area contributed by atoms with Gasteiger partial charge in [0.2, 0.25) is 0 Å². The van der Waals surface area contributed by atoms with E-state index in [9.17, 15) is 19.2 Å². The summed E-state index contributed by atoms with van der Waals surface area (Å²) < 4.78 is 5.02. The van der Waals surface area contributed by atoms with Gasteiger partial charge in [-0.3, -0.25) is 19.4 Å². The summed E-state index contributed by atoms with van der Waals surface area (Å²) >= 11 is 0. The number of carbonyl (C=O) groups is 4. The van der Waals surface area contributed by atoms with Gasteiger partial charge in [-0.15, -0.1) is 0 Å². The lowest BCUT2D eigenvalue weighted by atomic mass is 10.1. The first-order valence-electron chi connectivity index (χ1n) is 7.65. The molecular weight excluding hydrogens is 328 g/mol. The Hall–Kier alpha value is -3.16. The van der Waals surface area contributed by atoms with E-state index in [2.05, 4.69) is 0 Å². The molecule has 132 valence electrons. The second-order valence-electron chi connectivity index (χ2n) is 5.41. The van der Waals surface area contributed by atoms with Crippen LogP contribution >= 0.6 is 0 Å². The van der Waals surface area contributed by atoms with Crippen LogP contribution in [0.25, 0.3) is 6.08 Å². The summed E-state index contributed by atoms with van der Waals surface area (Å²) in [7, 11) is 1.33. The Balaban J connectivity index is 2.25. The number of carboxylic acid groups (broad SMARTS) is 1. The molecule has 1 aromatic rings. The van der Waals surface area contributed by atoms with Crippen LogP contribution < -0.4 is 4.74 Å². The number of likely N-dealkylation sites (N-methyl/N-ethyl adjacent to an activating group) is 1. The van der Waals surface area contributed by atoms with Gasteiger partial charge >= 0.3 is 12.0 Å². The molecule has 8 nitrogen and oxygen atoms in total. The number of ether oxygens (including phenoxy) is 1. The van der Waals surface area contributed by atoms with E-state index >= 15 is 0 Å². The molecule has 1 heterocycles. The van der Waals surface area contributed by atoms with E-state index in [1.807, 2.05) is 6.92 Å². The van der Waals surface area contributed by atoms with Crippen molar-refractivity contribution in [3.8, 4) is 5.75 Å².